The van der Waals surface area contributed by atoms with Crippen LogP contribution in [-0.2, 0) is 25.2 Å². The molecule has 4 aromatic rings. The first-order valence-corrected chi connectivity index (χ1v) is 17.3. The minimum Gasteiger partial charge on any atom is -0.497 e. The van der Waals surface area contributed by atoms with Gasteiger partial charge in [-0.3, -0.25) is 4.79 Å². The van der Waals surface area contributed by atoms with Crippen LogP contribution in [0.25, 0.3) is 0 Å². The van der Waals surface area contributed by atoms with Crippen LogP contribution < -0.4 is 23.4 Å². The van der Waals surface area contributed by atoms with Crippen molar-refractivity contribution in [2.24, 2.45) is 0 Å². The summed E-state index contributed by atoms with van der Waals surface area (Å²) in [5, 5.41) is 9.91. The maximum atomic E-state index is 15.1. The summed E-state index contributed by atoms with van der Waals surface area (Å²) in [6.45, 7) is 5.27. The third-order valence-corrected chi connectivity index (χ3v) is 10.5. The van der Waals surface area contributed by atoms with Crippen LogP contribution in [-0.4, -0.2) is 77.3 Å². The molecule has 1 atom stereocenters. The van der Waals surface area contributed by atoms with Crippen molar-refractivity contribution < 1.29 is 37.0 Å². The van der Waals surface area contributed by atoms with Gasteiger partial charge in [0.15, 0.2) is 0 Å². The molecule has 3 heterocycles. The van der Waals surface area contributed by atoms with E-state index >= 15 is 4.79 Å². The minimum absolute atomic E-state index is 0.0131. The molecule has 1 saturated heterocycles. The zero-order valence-corrected chi connectivity index (χ0v) is 28.8. The van der Waals surface area contributed by atoms with Crippen LogP contribution in [0.2, 0.25) is 0 Å². The maximum absolute atomic E-state index is 15.1. The number of methoxy groups -OCH3 is 2. The Bertz CT molecular complexity index is 2110. The number of fused-ring (bicyclic) bond motifs is 1. The molecule has 1 fully saturated rings. The Morgan fingerprint density at radius 1 is 0.940 bits per heavy atom. The van der Waals surface area contributed by atoms with Gasteiger partial charge in [0.1, 0.15) is 28.0 Å². The summed E-state index contributed by atoms with van der Waals surface area (Å²) >= 11 is 0. The third kappa shape index (κ3) is 5.69. The molecule has 0 bridgehead atoms. The van der Waals surface area contributed by atoms with E-state index in [1.165, 1.54) is 55.5 Å². The Balaban J connectivity index is 1.49. The van der Waals surface area contributed by atoms with Crippen molar-refractivity contribution in [2.45, 2.75) is 24.3 Å². The van der Waals surface area contributed by atoms with Crippen LogP contribution in [0.1, 0.15) is 29.2 Å². The van der Waals surface area contributed by atoms with Crippen LogP contribution in [0.4, 0.5) is 16.3 Å². The van der Waals surface area contributed by atoms with E-state index in [9.17, 15) is 18.5 Å². The lowest BCUT2D eigenvalue weighted by molar-refractivity contribution is -0.132. The highest BCUT2D eigenvalue weighted by Gasteiger charge is 2.61. The fourth-order valence-electron chi connectivity index (χ4n) is 6.31. The number of sulfonamides is 1. The van der Waals surface area contributed by atoms with Crippen LogP contribution in [0.15, 0.2) is 83.9 Å². The summed E-state index contributed by atoms with van der Waals surface area (Å²) in [6.07, 6.45) is 0.860. The van der Waals surface area contributed by atoms with Crippen molar-refractivity contribution in [3.8, 4) is 23.3 Å². The van der Waals surface area contributed by atoms with Crippen molar-refractivity contribution in [1.82, 2.24) is 9.88 Å². The zero-order valence-electron chi connectivity index (χ0n) is 28.0. The fraction of sp³-hybridized carbons (Fsp3) is 0.278. The first kappa shape index (κ1) is 34.1. The molecule has 1 aromatic heterocycles. The number of benzene rings is 3. The summed E-state index contributed by atoms with van der Waals surface area (Å²) in [5.74, 6) is 0.170. The summed E-state index contributed by atoms with van der Waals surface area (Å²) in [6, 6.07) is 20.5. The van der Waals surface area contributed by atoms with Gasteiger partial charge in [-0.25, -0.2) is 18.2 Å². The number of carbonyl (C=O) groups is 2. The number of hydrogen-bond acceptors (Lipinski definition) is 11. The molecule has 3 aromatic carbocycles. The Hall–Kier alpha value is -5.81. The van der Waals surface area contributed by atoms with Crippen molar-refractivity contribution in [1.29, 1.82) is 5.26 Å². The van der Waals surface area contributed by atoms with Gasteiger partial charge in [-0.2, -0.15) is 9.57 Å². The smallest absolute Gasteiger partial charge is 0.411 e. The minimum atomic E-state index is -4.73. The Kier molecular flexibility index (Phi) is 9.27. The molecule has 50 heavy (non-hydrogen) atoms. The molecule has 0 N–H and O–H groups in total. The molecule has 14 heteroatoms. The number of rotatable bonds is 9. The van der Waals surface area contributed by atoms with E-state index in [2.05, 4.69) is 16.0 Å². The molecule has 0 aliphatic carbocycles. The molecule has 0 saturated carbocycles. The highest BCUT2D eigenvalue weighted by Crippen LogP contribution is 2.52. The number of ether oxygens (including phenoxy) is 4. The predicted octanol–water partition coefficient (Wildman–Crippen LogP) is 4.62. The molecule has 2 aliphatic heterocycles. The molecule has 2 amide bonds. The van der Waals surface area contributed by atoms with E-state index in [1.54, 1.807) is 37.4 Å². The lowest BCUT2D eigenvalue weighted by atomic mass is 9.85. The summed E-state index contributed by atoms with van der Waals surface area (Å²) in [5.41, 5.74) is -1.27. The second kappa shape index (κ2) is 13.6. The predicted molar refractivity (Wildman–Crippen MR) is 183 cm³/mol. The number of para-hydroxylation sites is 1. The van der Waals surface area contributed by atoms with E-state index < -0.39 is 27.6 Å². The number of amides is 2. The summed E-state index contributed by atoms with van der Waals surface area (Å²) < 4.78 is 52.7. The highest BCUT2D eigenvalue weighted by molar-refractivity contribution is 7.93. The number of nitrogens with zero attached hydrogens (tertiary/aromatic N) is 5. The number of anilines is 2. The van der Waals surface area contributed by atoms with E-state index in [0.29, 0.717) is 23.1 Å². The van der Waals surface area contributed by atoms with Crippen molar-refractivity contribution in [3.05, 3.63) is 101 Å². The van der Waals surface area contributed by atoms with Gasteiger partial charge < -0.3 is 28.7 Å². The highest BCUT2D eigenvalue weighted by atomic mass is 32.2. The number of pyridine rings is 1. The molecule has 0 radical (unpaired) electrons. The van der Waals surface area contributed by atoms with Gasteiger partial charge in [-0.15, -0.1) is 0 Å². The molecular weight excluding hydrogens is 662 g/mol. The average molecular weight is 698 g/mol. The third-order valence-electron chi connectivity index (χ3n) is 8.72. The molecule has 0 spiro atoms. The van der Waals surface area contributed by atoms with Gasteiger partial charge >= 0.3 is 6.09 Å². The van der Waals surface area contributed by atoms with Gasteiger partial charge in [0.05, 0.1) is 43.7 Å². The fourth-order valence-corrected chi connectivity index (χ4v) is 7.91. The average Bonchev–Trinajstić information content (AvgIpc) is 3.39. The standard InChI is InChI=1S/C36H35N5O8S/c1-5-48-30-11-7-6-10-27(30)36(49-35(43)40-19-17-39(18-20-40)33-24(2)9-8-16-38-33)28-21-25(23-37)12-14-29(28)41(34(36)42)50(44,45)32-15-13-26(46-3)22-31(32)47-4/h6-16,21-22H,5,17-20H2,1-4H3. The second-order valence-corrected chi connectivity index (χ2v) is 13.3. The van der Waals surface area contributed by atoms with Gasteiger partial charge in [0, 0.05) is 44.0 Å². The SMILES string of the molecule is CCOc1ccccc1C1(OC(=O)N2CCN(c3ncccc3C)CC2)C(=O)N(S(=O)(=O)c2ccc(OC)cc2OC)c2ccc(C#N)cc21. The van der Waals surface area contributed by atoms with Crippen LogP contribution >= 0.6 is 0 Å². The number of piperazine rings is 1. The quantitative estimate of drug-likeness (QED) is 0.241. The first-order chi connectivity index (χ1) is 24.1. The Morgan fingerprint density at radius 3 is 2.38 bits per heavy atom. The molecular formula is C36H35N5O8S. The maximum Gasteiger partial charge on any atom is 0.411 e. The van der Waals surface area contributed by atoms with Crippen molar-refractivity contribution in [2.75, 3.05) is 56.2 Å². The summed E-state index contributed by atoms with van der Waals surface area (Å²) in [7, 11) is -2.01. The number of hydrogen-bond donors (Lipinski definition) is 0. The second-order valence-electron chi connectivity index (χ2n) is 11.5. The Morgan fingerprint density at radius 2 is 1.70 bits per heavy atom. The van der Waals surface area contributed by atoms with Crippen molar-refractivity contribution >= 4 is 33.5 Å². The van der Waals surface area contributed by atoms with E-state index in [1.807, 2.05) is 19.1 Å². The first-order valence-electron chi connectivity index (χ1n) is 15.8. The summed E-state index contributed by atoms with van der Waals surface area (Å²) in [4.78, 5) is 37.0. The van der Waals surface area contributed by atoms with Crippen LogP contribution in [0.5, 0.6) is 17.2 Å². The van der Waals surface area contributed by atoms with Gasteiger partial charge in [-0.1, -0.05) is 24.3 Å². The van der Waals surface area contributed by atoms with Gasteiger partial charge in [0.2, 0.25) is 5.60 Å². The molecule has 2 aliphatic rings. The topological polar surface area (TPSA) is 152 Å². The van der Waals surface area contributed by atoms with E-state index in [-0.39, 0.29) is 58.5 Å². The van der Waals surface area contributed by atoms with Gasteiger partial charge in [-0.05, 0) is 61.9 Å². The monoisotopic (exact) mass is 697 g/mol. The number of carbonyl (C=O) groups excluding carboxylic acids is 2. The van der Waals surface area contributed by atoms with Crippen LogP contribution in [0, 0.1) is 18.3 Å². The van der Waals surface area contributed by atoms with E-state index in [4.69, 9.17) is 18.9 Å². The van der Waals surface area contributed by atoms with E-state index in [0.717, 1.165) is 11.4 Å². The molecule has 1 unspecified atom stereocenters. The Labute approximate surface area is 290 Å². The number of aromatic nitrogens is 1. The van der Waals surface area contributed by atoms with Gasteiger partial charge in [0.25, 0.3) is 15.9 Å². The zero-order chi connectivity index (χ0) is 35.6. The lowest BCUT2D eigenvalue weighted by Crippen LogP contribution is -2.53. The molecule has 6 rings (SSSR count). The normalized spacial score (nSPS) is 17.2. The molecule has 13 nitrogen and oxygen atoms in total. The van der Waals surface area contributed by atoms with Crippen LogP contribution in [0.3, 0.4) is 0 Å². The number of aryl methyl sites for hydroxylation is 1. The molecule has 258 valence electrons. The van der Waals surface area contributed by atoms with Crippen molar-refractivity contribution in [3.63, 3.8) is 0 Å². The lowest BCUT2D eigenvalue weighted by Gasteiger charge is -2.38. The number of nitriles is 1. The largest absolute Gasteiger partial charge is 0.497 e.